The highest BCUT2D eigenvalue weighted by Gasteiger charge is 2.15. The first kappa shape index (κ1) is 9.58. The van der Waals surface area contributed by atoms with E-state index in [0.717, 1.165) is 24.6 Å². The van der Waals surface area contributed by atoms with Crippen LogP contribution in [0.5, 0.6) is 0 Å². The van der Waals surface area contributed by atoms with Crippen LogP contribution in [-0.4, -0.2) is 11.8 Å². The van der Waals surface area contributed by atoms with E-state index in [1.165, 1.54) is 0 Å². The maximum atomic E-state index is 5.58. The van der Waals surface area contributed by atoms with E-state index >= 15 is 0 Å². The van der Waals surface area contributed by atoms with Crippen LogP contribution in [0.1, 0.15) is 26.7 Å². The molecule has 56 valence electrons. The van der Waals surface area contributed by atoms with Gasteiger partial charge in [-0.2, -0.15) is 0 Å². The summed E-state index contributed by atoms with van der Waals surface area (Å²) in [6, 6.07) is 0. The van der Waals surface area contributed by atoms with Crippen LogP contribution in [-0.2, 0) is 0 Å². The maximum Gasteiger partial charge on any atom is 0.0228 e. The molecule has 0 nitrogen and oxygen atoms in total. The van der Waals surface area contributed by atoms with Crippen molar-refractivity contribution in [1.29, 1.82) is 0 Å². The minimum atomic E-state index is 0.337. The molecule has 0 aromatic rings. The highest BCUT2D eigenvalue weighted by Crippen LogP contribution is 2.25. The molecule has 0 atom stereocenters. The molecule has 0 fully saturated rings. The summed E-state index contributed by atoms with van der Waals surface area (Å²) in [7, 11) is 0. The molecular formula is C7H14Cl2. The number of hydrogen-bond donors (Lipinski definition) is 0. The van der Waals surface area contributed by atoms with E-state index in [9.17, 15) is 0 Å². The van der Waals surface area contributed by atoms with E-state index < -0.39 is 0 Å². The highest BCUT2D eigenvalue weighted by molar-refractivity contribution is 6.18. The minimum Gasteiger partial charge on any atom is -0.127 e. The van der Waals surface area contributed by atoms with Crippen LogP contribution in [0.4, 0.5) is 0 Å². The van der Waals surface area contributed by atoms with Crippen molar-refractivity contribution >= 4 is 23.2 Å². The molecule has 0 heterocycles. The van der Waals surface area contributed by atoms with Gasteiger partial charge in [0, 0.05) is 11.8 Å². The van der Waals surface area contributed by atoms with Gasteiger partial charge in [-0.25, -0.2) is 0 Å². The maximum absolute atomic E-state index is 5.58. The lowest BCUT2D eigenvalue weighted by atomic mass is 9.87. The van der Waals surface area contributed by atoms with Crippen LogP contribution < -0.4 is 0 Å². The number of rotatable bonds is 4. The van der Waals surface area contributed by atoms with E-state index in [1.807, 2.05) is 0 Å². The van der Waals surface area contributed by atoms with Gasteiger partial charge in [-0.05, 0) is 18.3 Å². The van der Waals surface area contributed by atoms with E-state index in [0.29, 0.717) is 5.41 Å². The van der Waals surface area contributed by atoms with Crippen molar-refractivity contribution in [2.24, 2.45) is 5.41 Å². The molecule has 0 unspecified atom stereocenters. The van der Waals surface area contributed by atoms with Crippen LogP contribution in [0.25, 0.3) is 0 Å². The number of halogens is 2. The first-order chi connectivity index (χ1) is 4.12. The SMILES string of the molecule is CC(C)(CCCl)CCCl. The van der Waals surface area contributed by atoms with E-state index in [4.69, 9.17) is 23.2 Å². The van der Waals surface area contributed by atoms with Gasteiger partial charge < -0.3 is 0 Å². The van der Waals surface area contributed by atoms with Crippen molar-refractivity contribution in [2.75, 3.05) is 11.8 Å². The Balaban J connectivity index is 3.43. The molecule has 0 saturated heterocycles. The summed E-state index contributed by atoms with van der Waals surface area (Å²) >= 11 is 11.2. The Labute approximate surface area is 67.5 Å². The van der Waals surface area contributed by atoms with Crippen molar-refractivity contribution in [2.45, 2.75) is 26.7 Å². The van der Waals surface area contributed by atoms with Crippen LogP contribution in [0, 0.1) is 5.41 Å². The standard InChI is InChI=1S/C7H14Cl2/c1-7(2,3-5-8)4-6-9/h3-6H2,1-2H3. The Morgan fingerprint density at radius 1 is 1.00 bits per heavy atom. The molecule has 0 aromatic heterocycles. The van der Waals surface area contributed by atoms with E-state index in [-0.39, 0.29) is 0 Å². The molecule has 9 heavy (non-hydrogen) atoms. The van der Waals surface area contributed by atoms with Crippen LogP contribution in [0.15, 0.2) is 0 Å². The van der Waals surface area contributed by atoms with E-state index in [1.54, 1.807) is 0 Å². The Morgan fingerprint density at radius 2 is 1.33 bits per heavy atom. The zero-order valence-corrected chi connectivity index (χ0v) is 7.60. The first-order valence-corrected chi connectivity index (χ1v) is 4.31. The summed E-state index contributed by atoms with van der Waals surface area (Å²) in [5.41, 5.74) is 0.337. The number of hydrogen-bond acceptors (Lipinski definition) is 0. The molecule has 0 aliphatic heterocycles. The third-order valence-corrected chi connectivity index (χ3v) is 1.92. The monoisotopic (exact) mass is 168 g/mol. The second kappa shape index (κ2) is 4.40. The van der Waals surface area contributed by atoms with Gasteiger partial charge in [-0.1, -0.05) is 13.8 Å². The molecule has 0 aromatic carbocycles. The van der Waals surface area contributed by atoms with Crippen LogP contribution in [0.3, 0.4) is 0 Å². The van der Waals surface area contributed by atoms with Crippen molar-refractivity contribution in [1.82, 2.24) is 0 Å². The summed E-state index contributed by atoms with van der Waals surface area (Å²) in [4.78, 5) is 0. The fourth-order valence-corrected chi connectivity index (χ4v) is 1.66. The lowest BCUT2D eigenvalue weighted by Crippen LogP contribution is -2.12. The summed E-state index contributed by atoms with van der Waals surface area (Å²) in [6.07, 6.45) is 2.11. The second-order valence-corrected chi connectivity index (χ2v) is 3.80. The second-order valence-electron chi connectivity index (χ2n) is 3.04. The smallest absolute Gasteiger partial charge is 0.0228 e. The van der Waals surface area contributed by atoms with Crippen molar-refractivity contribution in [3.63, 3.8) is 0 Å². The number of alkyl halides is 2. The van der Waals surface area contributed by atoms with Crippen molar-refractivity contribution in [3.05, 3.63) is 0 Å². The zero-order valence-electron chi connectivity index (χ0n) is 6.08. The van der Waals surface area contributed by atoms with Gasteiger partial charge in [0.1, 0.15) is 0 Å². The Bertz CT molecular complexity index is 61.3. The fourth-order valence-electron chi connectivity index (χ4n) is 0.637. The fraction of sp³-hybridized carbons (Fsp3) is 1.00. The predicted molar refractivity (Wildman–Crippen MR) is 44.5 cm³/mol. The predicted octanol–water partition coefficient (Wildman–Crippen LogP) is 3.27. The molecule has 0 aliphatic rings. The summed E-state index contributed by atoms with van der Waals surface area (Å²) in [5.74, 6) is 1.48. The lowest BCUT2D eigenvalue weighted by molar-refractivity contribution is 0.342. The van der Waals surface area contributed by atoms with Gasteiger partial charge in [0.15, 0.2) is 0 Å². The average Bonchev–Trinajstić information content (AvgIpc) is 1.64. The third-order valence-electron chi connectivity index (χ3n) is 1.54. The molecule has 0 aliphatic carbocycles. The molecule has 0 saturated carbocycles. The molecule has 0 bridgehead atoms. The molecule has 2 heteroatoms. The Hall–Kier alpha value is 0.580. The average molecular weight is 169 g/mol. The summed E-state index contributed by atoms with van der Waals surface area (Å²) < 4.78 is 0. The summed E-state index contributed by atoms with van der Waals surface area (Å²) in [6.45, 7) is 4.38. The van der Waals surface area contributed by atoms with Crippen LogP contribution >= 0.6 is 23.2 Å². The minimum absolute atomic E-state index is 0.337. The molecule has 0 spiro atoms. The van der Waals surface area contributed by atoms with Crippen molar-refractivity contribution < 1.29 is 0 Å². The molecule has 0 N–H and O–H groups in total. The highest BCUT2D eigenvalue weighted by atomic mass is 35.5. The Kier molecular flexibility index (Phi) is 4.69. The largest absolute Gasteiger partial charge is 0.127 e. The zero-order chi connectivity index (χ0) is 7.33. The normalized spacial score (nSPS) is 12.0. The molecule has 0 radical (unpaired) electrons. The van der Waals surface area contributed by atoms with Gasteiger partial charge in [0.05, 0.1) is 0 Å². The Morgan fingerprint density at radius 3 is 1.56 bits per heavy atom. The molecular weight excluding hydrogens is 155 g/mol. The summed E-state index contributed by atoms with van der Waals surface area (Å²) in [5, 5.41) is 0. The topological polar surface area (TPSA) is 0 Å². The van der Waals surface area contributed by atoms with Gasteiger partial charge in [0.25, 0.3) is 0 Å². The first-order valence-electron chi connectivity index (χ1n) is 3.24. The lowest BCUT2D eigenvalue weighted by Gasteiger charge is -2.21. The van der Waals surface area contributed by atoms with Gasteiger partial charge in [0.2, 0.25) is 0 Å². The van der Waals surface area contributed by atoms with Crippen molar-refractivity contribution in [3.8, 4) is 0 Å². The van der Waals surface area contributed by atoms with Gasteiger partial charge in [-0.15, -0.1) is 23.2 Å². The van der Waals surface area contributed by atoms with E-state index in [2.05, 4.69) is 13.8 Å². The quantitative estimate of drug-likeness (QED) is 0.566. The molecule has 0 amide bonds. The van der Waals surface area contributed by atoms with Gasteiger partial charge >= 0.3 is 0 Å². The van der Waals surface area contributed by atoms with Gasteiger partial charge in [-0.3, -0.25) is 0 Å². The third kappa shape index (κ3) is 5.05. The van der Waals surface area contributed by atoms with Crippen LogP contribution in [0.2, 0.25) is 0 Å². The molecule has 0 rings (SSSR count).